The zero-order valence-electron chi connectivity index (χ0n) is 16.0. The van der Waals surface area contributed by atoms with Crippen LogP contribution in [0.25, 0.3) is 0 Å². The Kier molecular flexibility index (Phi) is 5.65. The average Bonchev–Trinajstić information content (AvgIpc) is 2.96. The van der Waals surface area contributed by atoms with Crippen molar-refractivity contribution in [1.82, 2.24) is 4.90 Å². The summed E-state index contributed by atoms with van der Waals surface area (Å²) in [5.41, 5.74) is 0.595. The topological polar surface area (TPSA) is 55.8 Å². The molecule has 1 saturated carbocycles. The van der Waals surface area contributed by atoms with Gasteiger partial charge in [0.05, 0.1) is 13.2 Å². The van der Waals surface area contributed by atoms with Crippen LogP contribution in [0.2, 0.25) is 0 Å². The Labute approximate surface area is 161 Å². The molecule has 4 rings (SSSR count). The molecule has 0 radical (unpaired) electrons. The van der Waals surface area contributed by atoms with E-state index in [0.717, 1.165) is 31.8 Å². The summed E-state index contributed by atoms with van der Waals surface area (Å²) in [6.45, 7) is 2.98. The molecule has 2 fully saturated rings. The molecule has 3 aliphatic rings. The van der Waals surface area contributed by atoms with Gasteiger partial charge in [0, 0.05) is 37.9 Å². The van der Waals surface area contributed by atoms with Crippen molar-refractivity contribution < 1.29 is 19.1 Å². The Balaban J connectivity index is 1.31. The summed E-state index contributed by atoms with van der Waals surface area (Å²) < 4.78 is 11.3. The third-order valence-electron chi connectivity index (χ3n) is 6.28. The predicted molar refractivity (Wildman–Crippen MR) is 102 cm³/mol. The molecule has 5 nitrogen and oxygen atoms in total. The highest BCUT2D eigenvalue weighted by Crippen LogP contribution is 2.36. The third-order valence-corrected chi connectivity index (χ3v) is 6.28. The lowest BCUT2D eigenvalue weighted by Crippen LogP contribution is -2.44. The van der Waals surface area contributed by atoms with Gasteiger partial charge >= 0.3 is 0 Å². The van der Waals surface area contributed by atoms with Crippen molar-refractivity contribution in [3.05, 3.63) is 23.8 Å². The quantitative estimate of drug-likeness (QED) is 0.755. The Morgan fingerprint density at radius 1 is 0.926 bits per heavy atom. The molecule has 2 heterocycles. The summed E-state index contributed by atoms with van der Waals surface area (Å²) in [5.74, 6) is 2.92. The molecule has 2 atom stereocenters. The SMILES string of the molecule is O=C(CCC(=O)N1CC[C@H]2CCCC[C@@H]2C1)c1ccc2c(c1)OCCCO2. The van der Waals surface area contributed by atoms with Crippen LogP contribution in [0.5, 0.6) is 11.5 Å². The molecule has 0 bridgehead atoms. The fourth-order valence-electron chi connectivity index (χ4n) is 4.69. The van der Waals surface area contributed by atoms with Gasteiger partial charge in [-0.05, 0) is 42.9 Å². The lowest BCUT2D eigenvalue weighted by Gasteiger charge is -2.41. The highest BCUT2D eigenvalue weighted by molar-refractivity contribution is 5.98. The highest BCUT2D eigenvalue weighted by atomic mass is 16.5. The number of carbonyl (C=O) groups excluding carboxylic acids is 2. The summed E-state index contributed by atoms with van der Waals surface area (Å²) in [5, 5.41) is 0. The number of hydrogen-bond donors (Lipinski definition) is 0. The van der Waals surface area contributed by atoms with Gasteiger partial charge in [-0.2, -0.15) is 0 Å². The number of rotatable bonds is 4. The van der Waals surface area contributed by atoms with Crippen LogP contribution in [0.1, 0.15) is 61.7 Å². The summed E-state index contributed by atoms with van der Waals surface area (Å²) in [6, 6.07) is 5.32. The second kappa shape index (κ2) is 8.32. The van der Waals surface area contributed by atoms with E-state index in [4.69, 9.17) is 9.47 Å². The van der Waals surface area contributed by atoms with Crippen molar-refractivity contribution in [3.63, 3.8) is 0 Å². The molecule has 0 N–H and O–H groups in total. The van der Waals surface area contributed by atoms with Crippen LogP contribution in [-0.4, -0.2) is 42.9 Å². The van der Waals surface area contributed by atoms with E-state index in [1.54, 1.807) is 18.2 Å². The van der Waals surface area contributed by atoms with Gasteiger partial charge in [-0.15, -0.1) is 0 Å². The lowest BCUT2D eigenvalue weighted by molar-refractivity contribution is -0.134. The Morgan fingerprint density at radius 3 is 2.56 bits per heavy atom. The van der Waals surface area contributed by atoms with Gasteiger partial charge in [0.25, 0.3) is 0 Å². The number of likely N-dealkylation sites (tertiary alicyclic amines) is 1. The van der Waals surface area contributed by atoms with E-state index in [9.17, 15) is 9.59 Å². The van der Waals surface area contributed by atoms with Gasteiger partial charge in [0.1, 0.15) is 0 Å². The molecule has 1 saturated heterocycles. The van der Waals surface area contributed by atoms with Crippen LogP contribution in [0.15, 0.2) is 18.2 Å². The molecular formula is C22H29NO4. The van der Waals surface area contributed by atoms with E-state index in [1.165, 1.54) is 25.7 Å². The number of ketones is 1. The Bertz CT molecular complexity index is 702. The van der Waals surface area contributed by atoms with Gasteiger partial charge in [-0.3, -0.25) is 9.59 Å². The Morgan fingerprint density at radius 2 is 1.70 bits per heavy atom. The number of benzene rings is 1. The van der Waals surface area contributed by atoms with Crippen molar-refractivity contribution in [1.29, 1.82) is 0 Å². The fourth-order valence-corrected chi connectivity index (χ4v) is 4.69. The number of fused-ring (bicyclic) bond motifs is 2. The summed E-state index contributed by atoms with van der Waals surface area (Å²) in [6.07, 6.45) is 7.75. The van der Waals surface area contributed by atoms with Gasteiger partial charge in [0.15, 0.2) is 17.3 Å². The molecule has 5 heteroatoms. The van der Waals surface area contributed by atoms with Crippen molar-refractivity contribution in [3.8, 4) is 11.5 Å². The predicted octanol–water partition coefficient (Wildman–Crippen LogP) is 3.85. The maximum atomic E-state index is 12.6. The van der Waals surface area contributed by atoms with Gasteiger partial charge in [-0.1, -0.05) is 19.3 Å². The third kappa shape index (κ3) is 4.28. The van der Waals surface area contributed by atoms with Crippen molar-refractivity contribution in [2.45, 2.75) is 51.4 Å². The first-order chi connectivity index (χ1) is 13.2. The molecule has 0 spiro atoms. The van der Waals surface area contributed by atoms with Crippen LogP contribution in [-0.2, 0) is 4.79 Å². The van der Waals surface area contributed by atoms with Crippen molar-refractivity contribution in [2.75, 3.05) is 26.3 Å². The fraction of sp³-hybridized carbons (Fsp3) is 0.636. The smallest absolute Gasteiger partial charge is 0.223 e. The first-order valence-corrected chi connectivity index (χ1v) is 10.4. The largest absolute Gasteiger partial charge is 0.490 e. The molecule has 146 valence electrons. The average molecular weight is 371 g/mol. The Hall–Kier alpha value is -2.04. The molecule has 1 aliphatic carbocycles. The minimum Gasteiger partial charge on any atom is -0.490 e. The first-order valence-electron chi connectivity index (χ1n) is 10.4. The van der Waals surface area contributed by atoms with E-state index in [0.29, 0.717) is 42.6 Å². The van der Waals surface area contributed by atoms with E-state index in [1.807, 2.05) is 4.90 Å². The first kappa shape index (κ1) is 18.3. The number of Topliss-reactive ketones (excluding diaryl/α,β-unsaturated/α-hetero) is 1. The van der Waals surface area contributed by atoms with Crippen molar-refractivity contribution in [2.24, 2.45) is 11.8 Å². The minimum atomic E-state index is -0.00782. The summed E-state index contributed by atoms with van der Waals surface area (Å²) in [7, 11) is 0. The standard InChI is InChI=1S/C22H29NO4/c24-19(17-6-8-20-21(14-17)27-13-3-12-26-20)7-9-22(25)23-11-10-16-4-1-2-5-18(16)15-23/h6,8,14,16,18H,1-5,7,9-13,15H2/t16-,18-/m1/s1. The van der Waals surface area contributed by atoms with E-state index < -0.39 is 0 Å². The second-order valence-electron chi connectivity index (χ2n) is 8.07. The number of hydrogen-bond acceptors (Lipinski definition) is 4. The van der Waals surface area contributed by atoms with E-state index in [2.05, 4.69) is 0 Å². The normalized spacial score (nSPS) is 24.7. The number of carbonyl (C=O) groups is 2. The van der Waals surface area contributed by atoms with Crippen molar-refractivity contribution >= 4 is 11.7 Å². The number of amides is 1. The monoisotopic (exact) mass is 371 g/mol. The van der Waals surface area contributed by atoms with E-state index >= 15 is 0 Å². The van der Waals surface area contributed by atoms with Gasteiger partial charge in [-0.25, -0.2) is 0 Å². The van der Waals surface area contributed by atoms with Crippen LogP contribution in [0, 0.1) is 11.8 Å². The van der Waals surface area contributed by atoms with E-state index in [-0.39, 0.29) is 18.1 Å². The summed E-state index contributed by atoms with van der Waals surface area (Å²) >= 11 is 0. The zero-order chi connectivity index (χ0) is 18.6. The molecule has 2 aliphatic heterocycles. The van der Waals surface area contributed by atoms with Crippen LogP contribution >= 0.6 is 0 Å². The number of piperidine rings is 1. The zero-order valence-corrected chi connectivity index (χ0v) is 16.0. The van der Waals surface area contributed by atoms with Crippen LogP contribution in [0.4, 0.5) is 0 Å². The maximum Gasteiger partial charge on any atom is 0.223 e. The maximum absolute atomic E-state index is 12.6. The molecule has 0 aromatic heterocycles. The van der Waals surface area contributed by atoms with Gasteiger partial charge in [0.2, 0.25) is 5.91 Å². The molecule has 1 aromatic rings. The number of ether oxygens (including phenoxy) is 2. The molecule has 0 unspecified atom stereocenters. The molecule has 1 aromatic carbocycles. The molecule has 27 heavy (non-hydrogen) atoms. The second-order valence-corrected chi connectivity index (χ2v) is 8.07. The lowest BCUT2D eigenvalue weighted by atomic mass is 9.75. The molecule has 1 amide bonds. The molecular weight excluding hydrogens is 342 g/mol. The van der Waals surface area contributed by atoms with Crippen LogP contribution < -0.4 is 9.47 Å². The minimum absolute atomic E-state index is 0.00782. The number of nitrogens with zero attached hydrogens (tertiary/aromatic N) is 1. The summed E-state index contributed by atoms with van der Waals surface area (Å²) in [4.78, 5) is 27.2. The highest BCUT2D eigenvalue weighted by Gasteiger charge is 2.32. The van der Waals surface area contributed by atoms with Gasteiger partial charge < -0.3 is 14.4 Å². The van der Waals surface area contributed by atoms with Crippen LogP contribution in [0.3, 0.4) is 0 Å².